The fourth-order valence-corrected chi connectivity index (χ4v) is 3.56. The minimum absolute atomic E-state index is 0.192. The number of hydrogen-bond acceptors (Lipinski definition) is 3. The van der Waals surface area contributed by atoms with Crippen LogP contribution >= 0.6 is 11.6 Å². The van der Waals surface area contributed by atoms with Gasteiger partial charge in [-0.2, -0.15) is 0 Å². The van der Waals surface area contributed by atoms with Gasteiger partial charge in [-0.15, -0.1) is 0 Å². The number of allylic oxidation sites excluding steroid dienone is 2. The van der Waals surface area contributed by atoms with Gasteiger partial charge in [0.15, 0.2) is 5.78 Å². The highest BCUT2D eigenvalue weighted by Crippen LogP contribution is 2.34. The fraction of sp³-hybridized carbons (Fsp3) is 0.0435. The van der Waals surface area contributed by atoms with E-state index in [1.165, 1.54) is 6.08 Å². The molecule has 0 aliphatic heterocycles. The Morgan fingerprint density at radius 2 is 1.48 bits per heavy atom. The van der Waals surface area contributed by atoms with Gasteiger partial charge in [-0.25, -0.2) is 0 Å². The van der Waals surface area contributed by atoms with Gasteiger partial charge in [0.05, 0.1) is 16.4 Å². The van der Waals surface area contributed by atoms with Gasteiger partial charge in [0, 0.05) is 17.2 Å². The predicted molar refractivity (Wildman–Crippen MR) is 108 cm³/mol. The number of halogens is 1. The van der Waals surface area contributed by atoms with Crippen molar-refractivity contribution in [2.75, 3.05) is 5.32 Å². The van der Waals surface area contributed by atoms with E-state index in [0.717, 1.165) is 16.7 Å². The summed E-state index contributed by atoms with van der Waals surface area (Å²) in [5.74, 6) is -0.407. The Kier molecular flexibility index (Phi) is 4.38. The zero-order valence-corrected chi connectivity index (χ0v) is 15.4. The van der Waals surface area contributed by atoms with Crippen molar-refractivity contribution in [1.82, 2.24) is 0 Å². The molecule has 0 atom stereocenters. The van der Waals surface area contributed by atoms with Crippen molar-refractivity contribution in [1.29, 1.82) is 0 Å². The normalized spacial score (nSPS) is 13.2. The summed E-state index contributed by atoms with van der Waals surface area (Å²) in [6.07, 6.45) is 1.34. The monoisotopic (exact) mass is 373 g/mol. The summed E-state index contributed by atoms with van der Waals surface area (Å²) in [6.45, 7) is 1.92. The van der Waals surface area contributed by atoms with Crippen LogP contribution in [0.2, 0.25) is 5.02 Å². The van der Waals surface area contributed by atoms with Gasteiger partial charge in [-0.05, 0) is 35.7 Å². The molecule has 1 aliphatic rings. The van der Waals surface area contributed by atoms with E-state index in [4.69, 9.17) is 11.6 Å². The first kappa shape index (κ1) is 17.3. The van der Waals surface area contributed by atoms with Gasteiger partial charge < -0.3 is 5.32 Å². The van der Waals surface area contributed by atoms with E-state index in [1.54, 1.807) is 24.3 Å². The zero-order valence-electron chi connectivity index (χ0n) is 14.6. The Balaban J connectivity index is 1.70. The number of anilines is 1. The summed E-state index contributed by atoms with van der Waals surface area (Å²) in [5, 5.41) is 3.57. The van der Waals surface area contributed by atoms with Crippen LogP contribution in [-0.4, -0.2) is 11.6 Å². The van der Waals surface area contributed by atoms with E-state index in [9.17, 15) is 9.59 Å². The van der Waals surface area contributed by atoms with Crippen molar-refractivity contribution in [3.05, 3.63) is 100 Å². The highest BCUT2D eigenvalue weighted by molar-refractivity contribution is 6.34. The van der Waals surface area contributed by atoms with E-state index in [2.05, 4.69) is 5.32 Å². The Labute approximate surface area is 162 Å². The third kappa shape index (κ3) is 3.18. The molecule has 0 aromatic heterocycles. The van der Waals surface area contributed by atoms with Gasteiger partial charge in [-0.3, -0.25) is 9.59 Å². The SMILES string of the molecule is Cc1cc(-c2ccccc2)cc(Cl)c1NC1=CC(=O)c2ccccc2C1=O. The number of carbonyl (C=O) groups excluding carboxylic acids is 2. The summed E-state index contributed by atoms with van der Waals surface area (Å²) in [4.78, 5) is 25.1. The molecule has 0 fully saturated rings. The maximum Gasteiger partial charge on any atom is 0.210 e. The lowest BCUT2D eigenvalue weighted by molar-refractivity contribution is 0.0985. The lowest BCUT2D eigenvalue weighted by Crippen LogP contribution is -2.21. The molecule has 27 heavy (non-hydrogen) atoms. The van der Waals surface area contributed by atoms with Crippen LogP contribution in [0.4, 0.5) is 5.69 Å². The second-order valence-corrected chi connectivity index (χ2v) is 6.85. The molecule has 3 nitrogen and oxygen atoms in total. The molecule has 0 bridgehead atoms. The summed E-state index contributed by atoms with van der Waals surface area (Å²) >= 11 is 6.50. The molecule has 1 aliphatic carbocycles. The molecule has 0 saturated carbocycles. The van der Waals surface area contributed by atoms with Gasteiger partial charge in [0.1, 0.15) is 0 Å². The molecule has 0 unspecified atom stereocenters. The van der Waals surface area contributed by atoms with Crippen LogP contribution < -0.4 is 5.32 Å². The van der Waals surface area contributed by atoms with Crippen LogP contribution in [0.1, 0.15) is 26.3 Å². The molecule has 132 valence electrons. The highest BCUT2D eigenvalue weighted by Gasteiger charge is 2.26. The topological polar surface area (TPSA) is 46.2 Å². The molecule has 0 radical (unpaired) electrons. The number of nitrogens with one attached hydrogen (secondary N) is 1. The highest BCUT2D eigenvalue weighted by atomic mass is 35.5. The Morgan fingerprint density at radius 3 is 2.19 bits per heavy atom. The first-order valence-corrected chi connectivity index (χ1v) is 8.95. The van der Waals surface area contributed by atoms with Crippen molar-refractivity contribution < 1.29 is 9.59 Å². The van der Waals surface area contributed by atoms with Crippen LogP contribution in [0.3, 0.4) is 0 Å². The van der Waals surface area contributed by atoms with Gasteiger partial charge in [0.2, 0.25) is 5.78 Å². The van der Waals surface area contributed by atoms with E-state index in [-0.39, 0.29) is 17.3 Å². The molecule has 0 spiro atoms. The number of hydrogen-bond donors (Lipinski definition) is 1. The van der Waals surface area contributed by atoms with Crippen molar-refractivity contribution in [3.63, 3.8) is 0 Å². The number of rotatable bonds is 3. The average Bonchev–Trinajstić information content (AvgIpc) is 2.69. The second-order valence-electron chi connectivity index (χ2n) is 6.44. The first-order valence-electron chi connectivity index (χ1n) is 8.57. The number of fused-ring (bicyclic) bond motifs is 1. The largest absolute Gasteiger partial charge is 0.351 e. The molecule has 3 aromatic rings. The molecule has 3 aromatic carbocycles. The van der Waals surface area contributed by atoms with E-state index >= 15 is 0 Å². The Hall–Kier alpha value is -3.17. The van der Waals surface area contributed by atoms with E-state index < -0.39 is 0 Å². The van der Waals surface area contributed by atoms with E-state index in [1.807, 2.05) is 49.4 Å². The molecule has 0 heterocycles. The predicted octanol–water partition coefficient (Wildman–Crippen LogP) is 5.69. The standard InChI is InChI=1S/C23H16ClNO2/c1-14-11-16(15-7-3-2-4-8-15)12-19(24)22(14)25-20-13-21(26)17-9-5-6-10-18(17)23(20)27/h2-13,25H,1H3. The number of aryl methyl sites for hydroxylation is 1. The molecular formula is C23H16ClNO2. The number of benzene rings is 3. The Bertz CT molecular complexity index is 1080. The van der Waals surface area contributed by atoms with Gasteiger partial charge in [-0.1, -0.05) is 66.2 Å². The number of ketones is 2. The second kappa shape index (κ2) is 6.86. The quantitative estimate of drug-likeness (QED) is 0.641. The molecule has 0 saturated heterocycles. The van der Waals surface area contributed by atoms with Crippen LogP contribution in [0, 0.1) is 6.92 Å². The fourth-order valence-electron chi connectivity index (χ4n) is 3.24. The number of carbonyl (C=O) groups is 2. The summed E-state index contributed by atoms with van der Waals surface area (Å²) in [7, 11) is 0. The minimum Gasteiger partial charge on any atom is -0.351 e. The third-order valence-electron chi connectivity index (χ3n) is 4.61. The molecule has 0 amide bonds. The van der Waals surface area contributed by atoms with Crippen LogP contribution in [-0.2, 0) is 0 Å². The molecule has 1 N–H and O–H groups in total. The van der Waals surface area contributed by atoms with Crippen molar-refractivity contribution >= 4 is 28.9 Å². The maximum atomic E-state index is 12.8. The summed E-state index contributed by atoms with van der Waals surface area (Å²) in [6, 6.07) is 20.6. The smallest absolute Gasteiger partial charge is 0.210 e. The van der Waals surface area contributed by atoms with Crippen molar-refractivity contribution in [2.45, 2.75) is 6.92 Å². The Morgan fingerprint density at radius 1 is 0.815 bits per heavy atom. The van der Waals surface area contributed by atoms with Crippen LogP contribution in [0.15, 0.2) is 78.5 Å². The van der Waals surface area contributed by atoms with Gasteiger partial charge >= 0.3 is 0 Å². The average molecular weight is 374 g/mol. The zero-order chi connectivity index (χ0) is 19.0. The molecule has 4 heteroatoms. The molecule has 4 rings (SSSR count). The lowest BCUT2D eigenvalue weighted by Gasteiger charge is -2.19. The lowest BCUT2D eigenvalue weighted by atomic mass is 9.92. The van der Waals surface area contributed by atoms with Crippen molar-refractivity contribution in [3.8, 4) is 11.1 Å². The van der Waals surface area contributed by atoms with Crippen LogP contribution in [0.25, 0.3) is 11.1 Å². The third-order valence-corrected chi connectivity index (χ3v) is 4.91. The van der Waals surface area contributed by atoms with Crippen LogP contribution in [0.5, 0.6) is 0 Å². The maximum absolute atomic E-state index is 12.8. The first-order chi connectivity index (χ1) is 13.0. The summed E-state index contributed by atoms with van der Waals surface area (Å²) in [5.41, 5.74) is 4.64. The van der Waals surface area contributed by atoms with Gasteiger partial charge in [0.25, 0.3) is 0 Å². The number of Topliss-reactive ketones (excluding diaryl/α,β-unsaturated/α-hetero) is 1. The minimum atomic E-state index is -0.215. The van der Waals surface area contributed by atoms with Crippen molar-refractivity contribution in [2.24, 2.45) is 0 Å². The summed E-state index contributed by atoms with van der Waals surface area (Å²) < 4.78 is 0. The molecular weight excluding hydrogens is 358 g/mol. The van der Waals surface area contributed by atoms with E-state index in [0.29, 0.717) is 21.8 Å².